The molecule has 3 aromatic rings. The van der Waals surface area contributed by atoms with Crippen LogP contribution >= 0.6 is 22.9 Å². The molecule has 5 nitrogen and oxygen atoms in total. The van der Waals surface area contributed by atoms with E-state index in [1.165, 1.54) is 6.08 Å². The third kappa shape index (κ3) is 3.18. The van der Waals surface area contributed by atoms with E-state index in [4.69, 9.17) is 21.6 Å². The smallest absolute Gasteiger partial charge is 0.246 e. The Morgan fingerprint density at radius 1 is 1.19 bits per heavy atom. The summed E-state index contributed by atoms with van der Waals surface area (Å²) in [7, 11) is 0. The summed E-state index contributed by atoms with van der Waals surface area (Å²) in [5, 5.41) is 3.74. The molecule has 0 bridgehead atoms. The first-order valence-corrected chi connectivity index (χ1v) is 9.59. The maximum atomic E-state index is 11.8. The molecule has 26 heavy (non-hydrogen) atoms. The molecule has 4 rings (SSSR count). The minimum atomic E-state index is -0.0207. The molecule has 0 aliphatic carbocycles. The Labute approximate surface area is 160 Å². The highest BCUT2D eigenvalue weighted by Crippen LogP contribution is 2.31. The summed E-state index contributed by atoms with van der Waals surface area (Å²) < 4.78 is 0. The van der Waals surface area contributed by atoms with E-state index in [0.29, 0.717) is 23.9 Å². The molecular formula is C19H17ClN4OS. The van der Waals surface area contributed by atoms with Crippen molar-refractivity contribution in [3.05, 3.63) is 53.4 Å². The molecule has 1 aliphatic rings. The van der Waals surface area contributed by atoms with Gasteiger partial charge in [0.15, 0.2) is 5.82 Å². The van der Waals surface area contributed by atoms with Gasteiger partial charge < -0.3 is 9.80 Å². The molecule has 7 heteroatoms. The molecule has 2 aromatic heterocycles. The van der Waals surface area contributed by atoms with Gasteiger partial charge in [-0.15, -0.1) is 11.3 Å². The lowest BCUT2D eigenvalue weighted by atomic mass is 10.2. The highest BCUT2D eigenvalue weighted by atomic mass is 35.5. The number of hydrogen-bond acceptors (Lipinski definition) is 5. The van der Waals surface area contributed by atoms with E-state index < -0.39 is 0 Å². The van der Waals surface area contributed by atoms with Gasteiger partial charge in [-0.2, -0.15) is 0 Å². The van der Waals surface area contributed by atoms with Gasteiger partial charge in [-0.05, 0) is 29.7 Å². The van der Waals surface area contributed by atoms with Crippen LogP contribution in [0.2, 0.25) is 5.02 Å². The number of fused-ring (bicyclic) bond motifs is 1. The molecule has 3 heterocycles. The van der Waals surface area contributed by atoms with Crippen molar-refractivity contribution in [1.29, 1.82) is 0 Å². The molecule has 1 amide bonds. The summed E-state index contributed by atoms with van der Waals surface area (Å²) in [5.41, 5.74) is 0.898. The average molecular weight is 385 g/mol. The molecule has 0 unspecified atom stereocenters. The number of piperazine rings is 1. The molecule has 0 N–H and O–H groups in total. The van der Waals surface area contributed by atoms with Crippen LogP contribution in [0.4, 0.5) is 5.82 Å². The van der Waals surface area contributed by atoms with Crippen molar-refractivity contribution in [3.8, 4) is 11.4 Å². The highest BCUT2D eigenvalue weighted by Gasteiger charge is 2.23. The molecule has 1 fully saturated rings. The number of amides is 1. The number of thiophene rings is 1. The van der Waals surface area contributed by atoms with Crippen molar-refractivity contribution in [3.63, 3.8) is 0 Å². The molecule has 1 saturated heterocycles. The summed E-state index contributed by atoms with van der Waals surface area (Å²) in [4.78, 5) is 26.3. The molecule has 0 spiro atoms. The summed E-state index contributed by atoms with van der Waals surface area (Å²) in [6, 6.07) is 9.63. The van der Waals surface area contributed by atoms with Crippen LogP contribution in [0.3, 0.4) is 0 Å². The van der Waals surface area contributed by atoms with E-state index in [1.54, 1.807) is 11.3 Å². The number of anilines is 1. The summed E-state index contributed by atoms with van der Waals surface area (Å²) >= 11 is 7.73. The van der Waals surface area contributed by atoms with Crippen LogP contribution < -0.4 is 4.90 Å². The first-order valence-electron chi connectivity index (χ1n) is 8.33. The van der Waals surface area contributed by atoms with Gasteiger partial charge in [-0.25, -0.2) is 9.97 Å². The van der Waals surface area contributed by atoms with Crippen LogP contribution in [0, 0.1) is 0 Å². The number of aromatic nitrogens is 2. The van der Waals surface area contributed by atoms with Crippen molar-refractivity contribution >= 4 is 44.9 Å². The van der Waals surface area contributed by atoms with Crippen LogP contribution in [0.5, 0.6) is 0 Å². The van der Waals surface area contributed by atoms with Crippen LogP contribution in [-0.4, -0.2) is 47.0 Å². The predicted octanol–water partition coefficient (Wildman–Crippen LogP) is 3.85. The lowest BCUT2D eigenvalue weighted by Gasteiger charge is -2.35. The van der Waals surface area contributed by atoms with E-state index in [-0.39, 0.29) is 5.91 Å². The van der Waals surface area contributed by atoms with E-state index in [1.807, 2.05) is 34.5 Å². The predicted molar refractivity (Wildman–Crippen MR) is 107 cm³/mol. The third-order valence-corrected chi connectivity index (χ3v) is 5.49. The zero-order valence-electron chi connectivity index (χ0n) is 14.1. The zero-order chi connectivity index (χ0) is 18.1. The Bertz CT molecular complexity index is 979. The van der Waals surface area contributed by atoms with Crippen molar-refractivity contribution in [2.24, 2.45) is 0 Å². The maximum absolute atomic E-state index is 11.8. The largest absolute Gasteiger partial charge is 0.352 e. The topological polar surface area (TPSA) is 49.3 Å². The van der Waals surface area contributed by atoms with E-state index >= 15 is 0 Å². The fourth-order valence-corrected chi connectivity index (χ4v) is 4.05. The lowest BCUT2D eigenvalue weighted by Crippen LogP contribution is -2.48. The SMILES string of the molecule is C=CC(=O)N1CCN(c2nc(-c3cccc(Cl)c3)nc3sccc23)CC1. The lowest BCUT2D eigenvalue weighted by molar-refractivity contribution is -0.126. The van der Waals surface area contributed by atoms with Gasteiger partial charge in [0.1, 0.15) is 10.6 Å². The molecule has 0 atom stereocenters. The first kappa shape index (κ1) is 17.0. The molecule has 0 saturated carbocycles. The second kappa shape index (κ2) is 7.05. The average Bonchev–Trinajstić information content (AvgIpc) is 3.15. The van der Waals surface area contributed by atoms with E-state index in [2.05, 4.69) is 17.5 Å². The number of rotatable bonds is 3. The fourth-order valence-electron chi connectivity index (χ4n) is 3.11. The minimum Gasteiger partial charge on any atom is -0.352 e. The number of nitrogens with zero attached hydrogens (tertiary/aromatic N) is 4. The van der Waals surface area contributed by atoms with Crippen LogP contribution in [0.25, 0.3) is 21.6 Å². The van der Waals surface area contributed by atoms with Gasteiger partial charge >= 0.3 is 0 Å². The minimum absolute atomic E-state index is 0.0207. The molecule has 1 aromatic carbocycles. The molecular weight excluding hydrogens is 368 g/mol. The fraction of sp³-hybridized carbons (Fsp3) is 0.211. The molecule has 0 radical (unpaired) electrons. The van der Waals surface area contributed by atoms with E-state index in [9.17, 15) is 4.79 Å². The van der Waals surface area contributed by atoms with Crippen LogP contribution in [0.15, 0.2) is 48.4 Å². The summed E-state index contributed by atoms with van der Waals surface area (Å²) in [6.07, 6.45) is 1.37. The third-order valence-electron chi connectivity index (χ3n) is 4.45. The van der Waals surface area contributed by atoms with E-state index in [0.717, 1.165) is 34.7 Å². The van der Waals surface area contributed by atoms with Gasteiger partial charge in [0.05, 0.1) is 5.39 Å². The zero-order valence-corrected chi connectivity index (χ0v) is 15.6. The van der Waals surface area contributed by atoms with Crippen molar-refractivity contribution < 1.29 is 4.79 Å². The van der Waals surface area contributed by atoms with Gasteiger partial charge in [0.25, 0.3) is 0 Å². The number of benzene rings is 1. The number of carbonyl (C=O) groups excluding carboxylic acids is 1. The number of carbonyl (C=O) groups is 1. The summed E-state index contributed by atoms with van der Waals surface area (Å²) in [6.45, 7) is 6.35. The second-order valence-electron chi connectivity index (χ2n) is 6.04. The number of halogens is 1. The first-order chi connectivity index (χ1) is 12.7. The summed E-state index contributed by atoms with van der Waals surface area (Å²) in [5.74, 6) is 1.56. The maximum Gasteiger partial charge on any atom is 0.246 e. The van der Waals surface area contributed by atoms with Crippen LogP contribution in [0.1, 0.15) is 0 Å². The Kier molecular flexibility index (Phi) is 4.61. The standard InChI is InChI=1S/C19H17ClN4OS/c1-2-16(25)23-7-9-24(10-8-23)18-15-6-11-26-19(15)22-17(21-18)13-4-3-5-14(20)12-13/h2-6,11-12H,1,7-10H2. The Hall–Kier alpha value is -2.44. The van der Waals surface area contributed by atoms with Crippen molar-refractivity contribution in [1.82, 2.24) is 14.9 Å². The van der Waals surface area contributed by atoms with Gasteiger partial charge in [0, 0.05) is 36.8 Å². The Balaban J connectivity index is 1.70. The highest BCUT2D eigenvalue weighted by molar-refractivity contribution is 7.16. The quantitative estimate of drug-likeness (QED) is 0.643. The Morgan fingerprint density at radius 3 is 2.73 bits per heavy atom. The Morgan fingerprint density at radius 2 is 2.00 bits per heavy atom. The molecule has 132 valence electrons. The normalized spacial score (nSPS) is 14.7. The van der Waals surface area contributed by atoms with Gasteiger partial charge in [0.2, 0.25) is 5.91 Å². The molecule has 1 aliphatic heterocycles. The van der Waals surface area contributed by atoms with Crippen molar-refractivity contribution in [2.75, 3.05) is 31.1 Å². The van der Waals surface area contributed by atoms with Crippen LogP contribution in [-0.2, 0) is 4.79 Å². The van der Waals surface area contributed by atoms with Gasteiger partial charge in [-0.3, -0.25) is 4.79 Å². The monoisotopic (exact) mass is 384 g/mol. The second-order valence-corrected chi connectivity index (χ2v) is 7.37. The van der Waals surface area contributed by atoms with Gasteiger partial charge in [-0.1, -0.05) is 30.3 Å². The van der Waals surface area contributed by atoms with Crippen molar-refractivity contribution in [2.45, 2.75) is 0 Å². The number of hydrogen-bond donors (Lipinski definition) is 0.